The third-order valence-corrected chi connectivity index (χ3v) is 9.13. The first-order chi connectivity index (χ1) is 21.1. The van der Waals surface area contributed by atoms with Crippen LogP contribution in [0.15, 0.2) is 68.4 Å². The number of anilines is 2. The number of ether oxygens (including phenoxy) is 1. The van der Waals surface area contributed by atoms with Gasteiger partial charge in [-0.05, 0) is 80.6 Å². The second kappa shape index (κ2) is 16.5. The molecule has 2 fully saturated rings. The Morgan fingerprint density at radius 1 is 1.25 bits per heavy atom. The van der Waals surface area contributed by atoms with Crippen LogP contribution in [0.3, 0.4) is 0 Å². The van der Waals surface area contributed by atoms with Crippen LogP contribution in [0.1, 0.15) is 78.8 Å². The van der Waals surface area contributed by atoms with Crippen molar-refractivity contribution < 1.29 is 9.13 Å². The molecule has 0 spiro atoms. The second-order valence-corrected chi connectivity index (χ2v) is 12.7. The van der Waals surface area contributed by atoms with E-state index in [4.69, 9.17) is 14.7 Å². The fourth-order valence-electron chi connectivity index (χ4n) is 4.72. The van der Waals surface area contributed by atoms with Crippen LogP contribution >= 0.6 is 21.0 Å². The fraction of sp³-hybridized carbons (Fsp3) is 0.500. The van der Waals surface area contributed by atoms with Crippen molar-refractivity contribution in [3.63, 3.8) is 0 Å². The highest BCUT2D eigenvalue weighted by atomic mass is 32.2. The van der Waals surface area contributed by atoms with E-state index in [0.29, 0.717) is 35.7 Å². The predicted octanol–water partition coefficient (Wildman–Crippen LogP) is 8.47. The lowest BCUT2D eigenvalue weighted by Gasteiger charge is -2.23. The van der Waals surface area contributed by atoms with Gasteiger partial charge in [0.1, 0.15) is 17.5 Å². The third-order valence-electron chi connectivity index (χ3n) is 7.65. The molecule has 1 aromatic heterocycles. The monoisotopic (exact) mass is 640 g/mol. The molecule has 44 heavy (non-hydrogen) atoms. The summed E-state index contributed by atoms with van der Waals surface area (Å²) in [5.74, 6) is 2.75. The van der Waals surface area contributed by atoms with Gasteiger partial charge in [0.15, 0.2) is 5.82 Å². The zero-order valence-corrected chi connectivity index (χ0v) is 29.8. The van der Waals surface area contributed by atoms with Crippen LogP contribution in [-0.2, 0) is 4.74 Å². The van der Waals surface area contributed by atoms with Gasteiger partial charge in [0.25, 0.3) is 0 Å². The van der Waals surface area contributed by atoms with E-state index in [1.807, 2.05) is 53.1 Å². The Morgan fingerprint density at radius 2 is 1.93 bits per heavy atom. The van der Waals surface area contributed by atoms with Gasteiger partial charge in [-0.3, -0.25) is 10.1 Å². The molecule has 4 rings (SSSR count). The highest BCUT2D eigenvalue weighted by Crippen LogP contribution is 2.44. The van der Waals surface area contributed by atoms with Crippen LogP contribution in [-0.4, -0.2) is 48.8 Å². The van der Waals surface area contributed by atoms with Gasteiger partial charge in [-0.15, -0.1) is 21.0 Å². The first-order valence-electron chi connectivity index (χ1n) is 15.5. The molecule has 2 N–H and O–H groups in total. The number of aromatic nitrogens is 2. The minimum atomic E-state index is -0.292. The van der Waals surface area contributed by atoms with Gasteiger partial charge in [0, 0.05) is 48.0 Å². The SMILES string of the molecule is C=C(/C(=C/C)N=C(COC)C(C)C)/C(=C(\N=C(/C)N(C)c1cc(P)c(SC)cc1F)Nc1cc(C2CC2)[nH]n1)C1CC1.CC. The molecule has 0 amide bonds. The Kier molecular flexibility index (Phi) is 13.4. The number of rotatable bonds is 13. The molecular weight excluding hydrogens is 590 g/mol. The second-order valence-electron chi connectivity index (χ2n) is 11.3. The zero-order valence-electron chi connectivity index (χ0n) is 27.8. The lowest BCUT2D eigenvalue weighted by molar-refractivity contribution is 0.242. The number of hydrogen-bond acceptors (Lipinski definition) is 6. The molecule has 7 nitrogen and oxygen atoms in total. The van der Waals surface area contributed by atoms with Crippen molar-refractivity contribution in [3.8, 4) is 0 Å². The number of aliphatic imine (C=N–C) groups is 2. The Labute approximate surface area is 270 Å². The lowest BCUT2D eigenvalue weighted by Crippen LogP contribution is -2.26. The predicted molar refractivity (Wildman–Crippen MR) is 191 cm³/mol. The van der Waals surface area contributed by atoms with Gasteiger partial charge in [-0.1, -0.05) is 40.3 Å². The molecule has 0 aliphatic heterocycles. The number of thioether (sulfide) groups is 1. The van der Waals surface area contributed by atoms with Crippen LogP contribution in [0, 0.1) is 17.7 Å². The summed E-state index contributed by atoms with van der Waals surface area (Å²) in [6.45, 7) is 17.1. The third kappa shape index (κ3) is 9.15. The van der Waals surface area contributed by atoms with E-state index in [9.17, 15) is 0 Å². The largest absolute Gasteiger partial charge is 0.379 e. The molecule has 1 atom stereocenters. The number of methoxy groups -OCH3 is 1. The van der Waals surface area contributed by atoms with E-state index in [0.717, 1.165) is 51.3 Å². The number of allylic oxidation sites excluding steroid dienone is 2. The maximum atomic E-state index is 15.2. The van der Waals surface area contributed by atoms with E-state index >= 15 is 4.39 Å². The van der Waals surface area contributed by atoms with Crippen molar-refractivity contribution in [2.45, 2.75) is 78.0 Å². The Hall–Kier alpha value is -2.74. The molecule has 0 radical (unpaired) electrons. The Balaban J connectivity index is 0.00000259. The number of halogens is 1. The van der Waals surface area contributed by atoms with Gasteiger partial charge < -0.3 is 15.0 Å². The Bertz CT molecular complexity index is 1440. The average Bonchev–Trinajstić information content (AvgIpc) is 3.96. The summed E-state index contributed by atoms with van der Waals surface area (Å²) in [6, 6.07) is 5.48. The average molecular weight is 641 g/mol. The first kappa shape index (κ1) is 35.7. The standard InChI is InChI=1S/C32H44FN6OPS.C2H6/c1-9-24(35-26(17-40-7)18(2)3)19(4)31(22-12-13-22)32(36-30-15-25(37-38-30)21-10-11-21)34-20(5)39(6)27-16-28(41)29(42-8)14-23(27)33;1-2/h9,14-16,18,21-22H,4,10-13,17,41H2,1-3,5-8H3,(H2,36,37,38);1-2H3/b24-9-,32-31-,34-20+,35-26?;. The number of hydrogen-bond donors (Lipinski definition) is 2. The summed E-state index contributed by atoms with van der Waals surface area (Å²) < 4.78 is 20.6. The highest BCUT2D eigenvalue weighted by Gasteiger charge is 2.33. The summed E-state index contributed by atoms with van der Waals surface area (Å²) in [7, 11) is 6.23. The van der Waals surface area contributed by atoms with Crippen molar-refractivity contribution in [3.05, 3.63) is 65.0 Å². The fourth-order valence-corrected chi connectivity index (χ4v) is 5.83. The molecule has 1 heterocycles. The molecule has 2 saturated carbocycles. The van der Waals surface area contributed by atoms with Crippen LogP contribution in [0.4, 0.5) is 15.9 Å². The smallest absolute Gasteiger partial charge is 0.153 e. The van der Waals surface area contributed by atoms with Crippen LogP contribution in [0.2, 0.25) is 0 Å². The number of amidine groups is 1. The molecule has 10 heteroatoms. The van der Waals surface area contributed by atoms with Gasteiger partial charge in [-0.25, -0.2) is 9.38 Å². The van der Waals surface area contributed by atoms with E-state index in [2.05, 4.69) is 51.2 Å². The van der Waals surface area contributed by atoms with Crippen LogP contribution in [0.5, 0.6) is 0 Å². The van der Waals surface area contributed by atoms with Gasteiger partial charge in [-0.2, -0.15) is 5.10 Å². The number of nitrogens with one attached hydrogen (secondary N) is 2. The molecule has 2 aromatic rings. The summed E-state index contributed by atoms with van der Waals surface area (Å²) >= 11 is 1.52. The maximum Gasteiger partial charge on any atom is 0.153 e. The lowest BCUT2D eigenvalue weighted by atomic mass is 9.99. The zero-order chi connectivity index (χ0) is 32.6. The van der Waals surface area contributed by atoms with Gasteiger partial charge in [0.2, 0.25) is 0 Å². The van der Waals surface area contributed by atoms with Crippen molar-refractivity contribution in [2.75, 3.05) is 37.2 Å². The van der Waals surface area contributed by atoms with E-state index in [-0.39, 0.29) is 17.7 Å². The van der Waals surface area contributed by atoms with E-state index < -0.39 is 0 Å². The summed E-state index contributed by atoms with van der Waals surface area (Å²) in [6.07, 6.45) is 8.37. The minimum absolute atomic E-state index is 0.228. The number of nitrogens with zero attached hydrogens (tertiary/aromatic N) is 4. The molecule has 1 aromatic carbocycles. The number of H-pyrrole nitrogens is 1. The molecule has 2 aliphatic rings. The number of benzene rings is 1. The first-order valence-corrected chi connectivity index (χ1v) is 17.3. The number of aromatic amines is 1. The van der Waals surface area contributed by atoms with E-state index in [1.54, 1.807) is 18.1 Å². The highest BCUT2D eigenvalue weighted by molar-refractivity contribution is 7.99. The molecule has 0 bridgehead atoms. The van der Waals surface area contributed by atoms with Crippen molar-refractivity contribution >= 4 is 49.4 Å². The summed E-state index contributed by atoms with van der Waals surface area (Å²) in [4.78, 5) is 12.8. The molecule has 2 aliphatic carbocycles. The summed E-state index contributed by atoms with van der Waals surface area (Å²) in [5, 5.41) is 12.2. The van der Waals surface area contributed by atoms with Crippen molar-refractivity contribution in [1.82, 2.24) is 10.2 Å². The summed E-state index contributed by atoms with van der Waals surface area (Å²) in [5.41, 5.74) is 5.16. The molecular formula is C34H50FN6OPS. The van der Waals surface area contributed by atoms with Gasteiger partial charge in [0.05, 0.1) is 18.0 Å². The molecule has 0 saturated heterocycles. The maximum absolute atomic E-state index is 15.2. The Morgan fingerprint density at radius 3 is 2.48 bits per heavy atom. The van der Waals surface area contributed by atoms with Crippen molar-refractivity contribution in [2.24, 2.45) is 21.8 Å². The molecule has 240 valence electrons. The quantitative estimate of drug-likeness (QED) is 0.0755. The normalized spacial score (nSPS) is 16.4. The minimum Gasteiger partial charge on any atom is -0.379 e. The molecule has 1 unspecified atom stereocenters. The van der Waals surface area contributed by atoms with Crippen LogP contribution < -0.4 is 15.5 Å². The van der Waals surface area contributed by atoms with Gasteiger partial charge >= 0.3 is 0 Å². The van der Waals surface area contributed by atoms with E-state index in [1.165, 1.54) is 24.6 Å². The van der Waals surface area contributed by atoms with Crippen LogP contribution in [0.25, 0.3) is 0 Å². The van der Waals surface area contributed by atoms with Crippen molar-refractivity contribution in [1.29, 1.82) is 0 Å². The topological polar surface area (TPSA) is 77.9 Å².